The van der Waals surface area contributed by atoms with Gasteiger partial charge in [-0.25, -0.2) is 4.98 Å². The van der Waals surface area contributed by atoms with Crippen molar-refractivity contribution in [3.8, 4) is 11.3 Å². The van der Waals surface area contributed by atoms with Crippen molar-refractivity contribution >= 4 is 17.4 Å². The highest BCUT2D eigenvalue weighted by atomic mass is 35.5. The highest BCUT2D eigenvalue weighted by Gasteiger charge is 2.18. The molecule has 2 N–H and O–H groups in total. The van der Waals surface area contributed by atoms with Gasteiger partial charge in [-0.15, -0.1) is 0 Å². The molecule has 0 amide bonds. The van der Waals surface area contributed by atoms with Crippen molar-refractivity contribution in [2.75, 3.05) is 5.73 Å². The first-order chi connectivity index (χ1) is 9.40. The summed E-state index contributed by atoms with van der Waals surface area (Å²) in [6.07, 6.45) is 0. The van der Waals surface area contributed by atoms with E-state index in [4.69, 9.17) is 22.3 Å². The maximum absolute atomic E-state index is 6.33. The first-order valence-electron chi connectivity index (χ1n) is 7.02. The molecule has 0 saturated carbocycles. The maximum Gasteiger partial charge on any atom is 0.131 e. The van der Waals surface area contributed by atoms with Gasteiger partial charge in [0, 0.05) is 23.0 Å². The van der Waals surface area contributed by atoms with Crippen LogP contribution in [-0.2, 0) is 6.54 Å². The molecule has 0 atom stereocenters. The van der Waals surface area contributed by atoms with Gasteiger partial charge in [0.05, 0.1) is 0 Å². The summed E-state index contributed by atoms with van der Waals surface area (Å²) >= 11 is 5.94. The van der Waals surface area contributed by atoms with Crippen LogP contribution in [0.3, 0.4) is 0 Å². The van der Waals surface area contributed by atoms with Crippen LogP contribution in [0.5, 0.6) is 0 Å². The first kappa shape index (κ1) is 14.9. The Morgan fingerprint density at radius 1 is 1.15 bits per heavy atom. The number of hydrogen-bond acceptors (Lipinski definition) is 2. The Kier molecular flexibility index (Phi) is 4.39. The van der Waals surface area contributed by atoms with Gasteiger partial charge in [-0.3, -0.25) is 0 Å². The molecule has 0 aliphatic carbocycles. The van der Waals surface area contributed by atoms with Crippen LogP contribution >= 0.6 is 11.6 Å². The highest BCUT2D eigenvalue weighted by Crippen LogP contribution is 2.30. The number of hydrogen-bond donors (Lipinski definition) is 1. The van der Waals surface area contributed by atoms with Crippen molar-refractivity contribution in [3.63, 3.8) is 0 Å². The number of nitrogens with zero attached hydrogens (tertiary/aromatic N) is 2. The fourth-order valence-electron chi connectivity index (χ4n) is 2.30. The molecule has 2 aromatic rings. The summed E-state index contributed by atoms with van der Waals surface area (Å²) in [7, 11) is 0. The van der Waals surface area contributed by atoms with Crippen LogP contribution < -0.4 is 5.73 Å². The second kappa shape index (κ2) is 5.88. The summed E-state index contributed by atoms with van der Waals surface area (Å²) in [5, 5.41) is 0.720. The minimum atomic E-state index is 0.345. The van der Waals surface area contributed by atoms with E-state index in [0.717, 1.165) is 34.5 Å². The lowest BCUT2D eigenvalue weighted by Gasteiger charge is -2.14. The van der Waals surface area contributed by atoms with Gasteiger partial charge < -0.3 is 10.3 Å². The van der Waals surface area contributed by atoms with Crippen LogP contribution in [0.15, 0.2) is 24.3 Å². The monoisotopic (exact) mass is 291 g/mol. The number of anilines is 1. The van der Waals surface area contributed by atoms with Gasteiger partial charge in [0.25, 0.3) is 0 Å². The number of rotatable bonds is 4. The Morgan fingerprint density at radius 3 is 2.25 bits per heavy atom. The summed E-state index contributed by atoms with van der Waals surface area (Å²) in [5.74, 6) is 2.66. The molecule has 0 radical (unpaired) electrons. The molecule has 0 spiro atoms. The van der Waals surface area contributed by atoms with Crippen molar-refractivity contribution < 1.29 is 0 Å². The predicted molar refractivity (Wildman–Crippen MR) is 86.0 cm³/mol. The SMILES string of the molecule is CC(C)Cn1c(C(C)C)nc(-c2ccc(Cl)cc2)c1N. The van der Waals surface area contributed by atoms with E-state index in [-0.39, 0.29) is 0 Å². The van der Waals surface area contributed by atoms with Crippen LogP contribution in [0, 0.1) is 5.92 Å². The summed E-state index contributed by atoms with van der Waals surface area (Å²) in [5.41, 5.74) is 8.19. The van der Waals surface area contributed by atoms with Gasteiger partial charge in [0.2, 0.25) is 0 Å². The fraction of sp³-hybridized carbons (Fsp3) is 0.438. The normalized spacial score (nSPS) is 11.6. The van der Waals surface area contributed by atoms with E-state index >= 15 is 0 Å². The van der Waals surface area contributed by atoms with Crippen molar-refractivity contribution in [3.05, 3.63) is 35.1 Å². The van der Waals surface area contributed by atoms with Gasteiger partial charge in [0.1, 0.15) is 17.3 Å². The standard InChI is InChI=1S/C16H22ClN3/c1-10(2)9-20-15(18)14(19-16(20)11(3)4)12-5-7-13(17)8-6-12/h5-8,10-11H,9,18H2,1-4H3. The van der Waals surface area contributed by atoms with E-state index in [0.29, 0.717) is 11.8 Å². The molecular weight excluding hydrogens is 270 g/mol. The molecule has 0 saturated heterocycles. The molecule has 0 aliphatic heterocycles. The molecule has 3 nitrogen and oxygen atoms in total. The van der Waals surface area contributed by atoms with Crippen LogP contribution in [-0.4, -0.2) is 9.55 Å². The molecule has 20 heavy (non-hydrogen) atoms. The third-order valence-corrected chi connectivity index (χ3v) is 3.47. The summed E-state index contributed by atoms with van der Waals surface area (Å²) in [4.78, 5) is 4.76. The van der Waals surface area contributed by atoms with E-state index in [1.807, 2.05) is 24.3 Å². The molecule has 2 rings (SSSR count). The Morgan fingerprint density at radius 2 is 1.75 bits per heavy atom. The lowest BCUT2D eigenvalue weighted by atomic mass is 10.1. The summed E-state index contributed by atoms with van der Waals surface area (Å²) in [6, 6.07) is 7.66. The van der Waals surface area contributed by atoms with Crippen molar-refractivity contribution in [1.29, 1.82) is 0 Å². The average molecular weight is 292 g/mol. The van der Waals surface area contributed by atoms with E-state index in [1.54, 1.807) is 0 Å². The second-order valence-electron chi connectivity index (χ2n) is 5.87. The summed E-state index contributed by atoms with van der Waals surface area (Å²) in [6.45, 7) is 9.55. The number of imidazole rings is 1. The fourth-order valence-corrected chi connectivity index (χ4v) is 2.43. The van der Waals surface area contributed by atoms with Gasteiger partial charge in [-0.1, -0.05) is 51.4 Å². The molecule has 0 fully saturated rings. The Bertz CT molecular complexity index is 583. The molecule has 108 valence electrons. The largest absolute Gasteiger partial charge is 0.383 e. The molecule has 0 unspecified atom stereocenters. The number of aromatic nitrogens is 2. The van der Waals surface area contributed by atoms with Crippen LogP contribution in [0.4, 0.5) is 5.82 Å². The van der Waals surface area contributed by atoms with E-state index in [9.17, 15) is 0 Å². The van der Waals surface area contributed by atoms with Crippen LogP contribution in [0.25, 0.3) is 11.3 Å². The highest BCUT2D eigenvalue weighted by molar-refractivity contribution is 6.30. The third-order valence-electron chi connectivity index (χ3n) is 3.22. The van der Waals surface area contributed by atoms with E-state index < -0.39 is 0 Å². The van der Waals surface area contributed by atoms with Crippen LogP contribution in [0.2, 0.25) is 5.02 Å². The predicted octanol–water partition coefficient (Wildman–Crippen LogP) is 4.57. The Balaban J connectivity index is 2.52. The maximum atomic E-state index is 6.33. The van der Waals surface area contributed by atoms with Gasteiger partial charge in [-0.2, -0.15) is 0 Å². The molecule has 1 aromatic heterocycles. The number of nitrogens with two attached hydrogens (primary N) is 1. The Labute approximate surface area is 125 Å². The third kappa shape index (κ3) is 2.98. The zero-order chi connectivity index (χ0) is 14.9. The quantitative estimate of drug-likeness (QED) is 0.897. The lowest BCUT2D eigenvalue weighted by Crippen LogP contribution is -2.12. The average Bonchev–Trinajstić information content (AvgIpc) is 2.68. The van der Waals surface area contributed by atoms with Crippen LogP contribution in [0.1, 0.15) is 39.4 Å². The molecule has 1 aromatic carbocycles. The molecule has 1 heterocycles. The number of nitrogen functional groups attached to an aromatic ring is 1. The molecular formula is C16H22ClN3. The van der Waals surface area contributed by atoms with E-state index in [2.05, 4.69) is 32.3 Å². The first-order valence-corrected chi connectivity index (χ1v) is 7.39. The van der Waals surface area contributed by atoms with Gasteiger partial charge >= 0.3 is 0 Å². The smallest absolute Gasteiger partial charge is 0.131 e. The Hall–Kier alpha value is -1.48. The van der Waals surface area contributed by atoms with Crippen molar-refractivity contribution in [2.45, 2.75) is 40.2 Å². The zero-order valence-electron chi connectivity index (χ0n) is 12.5. The van der Waals surface area contributed by atoms with Crippen molar-refractivity contribution in [2.24, 2.45) is 5.92 Å². The number of benzene rings is 1. The molecule has 0 bridgehead atoms. The number of halogens is 1. The van der Waals surface area contributed by atoms with E-state index in [1.165, 1.54) is 0 Å². The summed E-state index contributed by atoms with van der Waals surface area (Å²) < 4.78 is 2.14. The topological polar surface area (TPSA) is 43.8 Å². The van der Waals surface area contributed by atoms with Gasteiger partial charge in [0.15, 0.2) is 0 Å². The lowest BCUT2D eigenvalue weighted by molar-refractivity contribution is 0.502. The minimum absolute atomic E-state index is 0.345. The molecule has 4 heteroatoms. The van der Waals surface area contributed by atoms with Gasteiger partial charge in [-0.05, 0) is 18.1 Å². The second-order valence-corrected chi connectivity index (χ2v) is 6.31. The molecule has 0 aliphatic rings. The zero-order valence-corrected chi connectivity index (χ0v) is 13.3. The van der Waals surface area contributed by atoms with Crippen molar-refractivity contribution in [1.82, 2.24) is 9.55 Å². The minimum Gasteiger partial charge on any atom is -0.383 e.